The van der Waals surface area contributed by atoms with Crippen molar-refractivity contribution in [3.8, 4) is 0 Å². The number of nitrogens with zero attached hydrogens (tertiary/aromatic N) is 2. The van der Waals surface area contributed by atoms with Crippen LogP contribution in [0.15, 0.2) is 28.7 Å². The molecule has 1 aliphatic heterocycles. The van der Waals surface area contributed by atoms with Crippen molar-refractivity contribution in [3.63, 3.8) is 0 Å². The first kappa shape index (κ1) is 13.2. The molecule has 1 aromatic heterocycles. The van der Waals surface area contributed by atoms with Crippen molar-refractivity contribution in [1.82, 2.24) is 10.3 Å². The van der Waals surface area contributed by atoms with E-state index in [2.05, 4.69) is 15.2 Å². The number of piperidine rings is 1. The molecule has 1 fully saturated rings. The number of nitrogens with one attached hydrogen (secondary N) is 1. The molecule has 1 unspecified atom stereocenters. The number of halogens is 1. The van der Waals surface area contributed by atoms with Gasteiger partial charge in [0.25, 0.3) is 6.01 Å². The fourth-order valence-corrected chi connectivity index (χ4v) is 2.38. The third kappa shape index (κ3) is 2.44. The Morgan fingerprint density at radius 2 is 2.22 bits per heavy atom. The van der Waals surface area contributed by atoms with E-state index in [4.69, 9.17) is 4.42 Å². The zero-order valence-corrected chi connectivity index (χ0v) is 11.2. The molecule has 0 spiro atoms. The molecule has 0 saturated carbocycles. The molecule has 0 amide bonds. The molecule has 5 heteroatoms. The van der Waals surface area contributed by atoms with Crippen molar-refractivity contribution in [2.45, 2.75) is 18.9 Å². The van der Waals surface area contributed by atoms with Crippen LogP contribution in [-0.2, 0) is 0 Å². The van der Waals surface area contributed by atoms with Crippen LogP contribution in [0.25, 0.3) is 11.1 Å². The number of rotatable bonds is 2. The lowest BCUT2D eigenvalue weighted by Gasteiger charge is -2.31. The third-order valence-corrected chi connectivity index (χ3v) is 3.38. The van der Waals surface area contributed by atoms with Gasteiger partial charge in [0.1, 0.15) is 5.52 Å². The minimum absolute atomic E-state index is 0. The highest BCUT2D eigenvalue weighted by Gasteiger charge is 2.22. The van der Waals surface area contributed by atoms with Gasteiger partial charge in [-0.25, -0.2) is 0 Å². The molecule has 3 rings (SSSR count). The number of likely N-dealkylation sites (N-methyl/N-ethyl adjacent to an activating group) is 1. The van der Waals surface area contributed by atoms with Crippen molar-refractivity contribution in [2.75, 3.05) is 25.0 Å². The first-order valence-electron chi connectivity index (χ1n) is 6.14. The van der Waals surface area contributed by atoms with E-state index in [1.165, 1.54) is 12.8 Å². The van der Waals surface area contributed by atoms with Crippen molar-refractivity contribution >= 4 is 29.5 Å². The van der Waals surface area contributed by atoms with Crippen LogP contribution in [-0.4, -0.2) is 31.2 Å². The quantitative estimate of drug-likeness (QED) is 0.907. The first-order chi connectivity index (χ1) is 8.36. The highest BCUT2D eigenvalue weighted by molar-refractivity contribution is 5.85. The average Bonchev–Trinajstić information content (AvgIpc) is 2.82. The van der Waals surface area contributed by atoms with Crippen LogP contribution in [0, 0.1) is 0 Å². The maximum atomic E-state index is 5.79. The predicted octanol–water partition coefficient (Wildman–Crippen LogP) is 2.44. The largest absolute Gasteiger partial charge is 0.423 e. The summed E-state index contributed by atoms with van der Waals surface area (Å²) < 4.78 is 5.79. The number of oxazole rings is 1. The van der Waals surface area contributed by atoms with Gasteiger partial charge < -0.3 is 14.6 Å². The fourth-order valence-electron chi connectivity index (χ4n) is 2.38. The van der Waals surface area contributed by atoms with Crippen LogP contribution in [0.5, 0.6) is 0 Å². The molecule has 0 radical (unpaired) electrons. The maximum absolute atomic E-state index is 5.79. The minimum Gasteiger partial charge on any atom is -0.423 e. The monoisotopic (exact) mass is 267 g/mol. The van der Waals surface area contributed by atoms with E-state index in [0.717, 1.165) is 30.2 Å². The smallest absolute Gasteiger partial charge is 0.298 e. The van der Waals surface area contributed by atoms with Gasteiger partial charge in [-0.15, -0.1) is 12.4 Å². The Labute approximate surface area is 113 Å². The van der Waals surface area contributed by atoms with Crippen LogP contribution in [0.2, 0.25) is 0 Å². The van der Waals surface area contributed by atoms with Gasteiger partial charge in [-0.05, 0) is 32.0 Å². The predicted molar refractivity (Wildman–Crippen MR) is 75.6 cm³/mol. The van der Waals surface area contributed by atoms with E-state index in [0.29, 0.717) is 6.04 Å². The van der Waals surface area contributed by atoms with Gasteiger partial charge in [0.05, 0.1) is 0 Å². The molecule has 98 valence electrons. The van der Waals surface area contributed by atoms with E-state index < -0.39 is 0 Å². The SMILES string of the molecule is CNC1CCCN(c2nc3ccccc3o2)C1.Cl. The highest BCUT2D eigenvalue weighted by atomic mass is 35.5. The molecule has 0 bridgehead atoms. The number of hydrogen-bond donors (Lipinski definition) is 1. The van der Waals surface area contributed by atoms with Gasteiger partial charge in [-0.2, -0.15) is 4.98 Å². The average molecular weight is 268 g/mol. The molecule has 1 aliphatic rings. The van der Waals surface area contributed by atoms with Crippen molar-refractivity contribution in [3.05, 3.63) is 24.3 Å². The summed E-state index contributed by atoms with van der Waals surface area (Å²) in [5.41, 5.74) is 1.81. The second-order valence-electron chi connectivity index (χ2n) is 4.54. The van der Waals surface area contributed by atoms with Gasteiger partial charge >= 0.3 is 0 Å². The van der Waals surface area contributed by atoms with Gasteiger partial charge in [0, 0.05) is 19.1 Å². The normalized spacial score (nSPS) is 19.8. The molecule has 0 aliphatic carbocycles. The summed E-state index contributed by atoms with van der Waals surface area (Å²) in [6.45, 7) is 2.01. The Balaban J connectivity index is 0.00000120. The number of aromatic nitrogens is 1. The lowest BCUT2D eigenvalue weighted by molar-refractivity contribution is 0.426. The zero-order valence-electron chi connectivity index (χ0n) is 10.4. The van der Waals surface area contributed by atoms with Crippen LogP contribution >= 0.6 is 12.4 Å². The van der Waals surface area contributed by atoms with Crippen LogP contribution < -0.4 is 10.2 Å². The summed E-state index contributed by atoms with van der Waals surface area (Å²) in [6.07, 6.45) is 2.41. The van der Waals surface area contributed by atoms with Gasteiger partial charge in [-0.1, -0.05) is 12.1 Å². The van der Waals surface area contributed by atoms with Crippen molar-refractivity contribution in [2.24, 2.45) is 0 Å². The van der Waals surface area contributed by atoms with E-state index in [-0.39, 0.29) is 12.4 Å². The molecule has 1 saturated heterocycles. The van der Waals surface area contributed by atoms with Crippen LogP contribution in [0.4, 0.5) is 6.01 Å². The Kier molecular flexibility index (Phi) is 4.09. The number of fused-ring (bicyclic) bond motifs is 1. The maximum Gasteiger partial charge on any atom is 0.298 e. The first-order valence-corrected chi connectivity index (χ1v) is 6.14. The fraction of sp³-hybridized carbons (Fsp3) is 0.462. The number of para-hydroxylation sites is 2. The molecule has 18 heavy (non-hydrogen) atoms. The van der Waals surface area contributed by atoms with E-state index in [1.54, 1.807) is 0 Å². The molecule has 1 aromatic carbocycles. The summed E-state index contributed by atoms with van der Waals surface area (Å²) in [5.74, 6) is 0. The zero-order chi connectivity index (χ0) is 11.7. The Bertz CT molecular complexity index is 481. The van der Waals surface area contributed by atoms with Crippen molar-refractivity contribution in [1.29, 1.82) is 0 Å². The van der Waals surface area contributed by atoms with Crippen molar-refractivity contribution < 1.29 is 4.42 Å². The minimum atomic E-state index is 0. The second-order valence-corrected chi connectivity index (χ2v) is 4.54. The van der Waals surface area contributed by atoms with Crippen LogP contribution in [0.3, 0.4) is 0 Å². The van der Waals surface area contributed by atoms with Gasteiger partial charge in [0.2, 0.25) is 0 Å². The van der Waals surface area contributed by atoms with Gasteiger partial charge in [-0.3, -0.25) is 0 Å². The molecular formula is C13H18ClN3O. The molecular weight excluding hydrogens is 250 g/mol. The third-order valence-electron chi connectivity index (χ3n) is 3.38. The molecule has 1 N–H and O–H groups in total. The van der Waals surface area contributed by atoms with Crippen LogP contribution in [0.1, 0.15) is 12.8 Å². The summed E-state index contributed by atoms with van der Waals surface area (Å²) in [5, 5.41) is 3.33. The summed E-state index contributed by atoms with van der Waals surface area (Å²) in [6, 6.07) is 9.21. The van der Waals surface area contributed by atoms with Gasteiger partial charge in [0.15, 0.2) is 5.58 Å². The number of hydrogen-bond acceptors (Lipinski definition) is 4. The lowest BCUT2D eigenvalue weighted by atomic mass is 10.1. The van der Waals surface area contributed by atoms with E-state index in [1.807, 2.05) is 31.3 Å². The van der Waals surface area contributed by atoms with E-state index in [9.17, 15) is 0 Å². The Hall–Kier alpha value is -1.26. The number of anilines is 1. The summed E-state index contributed by atoms with van der Waals surface area (Å²) >= 11 is 0. The molecule has 1 atom stereocenters. The Morgan fingerprint density at radius 3 is 3.00 bits per heavy atom. The Morgan fingerprint density at radius 1 is 1.39 bits per heavy atom. The second kappa shape index (κ2) is 5.59. The highest BCUT2D eigenvalue weighted by Crippen LogP contribution is 2.24. The van der Waals surface area contributed by atoms with E-state index >= 15 is 0 Å². The number of benzene rings is 1. The summed E-state index contributed by atoms with van der Waals surface area (Å²) in [7, 11) is 2.01. The molecule has 2 aromatic rings. The molecule has 4 nitrogen and oxygen atoms in total. The molecule has 2 heterocycles. The lowest BCUT2D eigenvalue weighted by Crippen LogP contribution is -2.44. The standard InChI is InChI=1S/C13H17N3O.ClH/c1-14-10-5-4-8-16(9-10)13-15-11-6-2-3-7-12(11)17-13;/h2-3,6-7,10,14H,4-5,8-9H2,1H3;1H. The summed E-state index contributed by atoms with van der Waals surface area (Å²) in [4.78, 5) is 6.76. The topological polar surface area (TPSA) is 41.3 Å².